The molecule has 128 valence electrons. The second-order valence-corrected chi connectivity index (χ2v) is 5.82. The second kappa shape index (κ2) is 8.36. The van der Waals surface area contributed by atoms with E-state index in [0.29, 0.717) is 5.75 Å². The molecular formula is C19H24N2O3. The number of ether oxygens (including phenoxy) is 1. The van der Waals surface area contributed by atoms with E-state index in [2.05, 4.69) is 5.32 Å². The standard InChI is InChI=1S/C19H24N2O3/c1-14(24-17-7-5-4-6-8-17)19(23)20-13-18(22)15-9-11-16(12-10-15)21(2)3/h4-12,14,18,22H,13H2,1-3H3,(H,20,23)/t14-,18+/m0/s1. The zero-order valence-corrected chi connectivity index (χ0v) is 14.3. The third-order valence-corrected chi connectivity index (χ3v) is 3.69. The van der Waals surface area contributed by atoms with Crippen LogP contribution in [-0.4, -0.2) is 37.8 Å². The number of nitrogens with one attached hydrogen (secondary N) is 1. The summed E-state index contributed by atoms with van der Waals surface area (Å²) >= 11 is 0. The number of hydrogen-bond acceptors (Lipinski definition) is 4. The van der Waals surface area contributed by atoms with Crippen LogP contribution in [0.25, 0.3) is 0 Å². The molecule has 0 radical (unpaired) electrons. The van der Waals surface area contributed by atoms with Crippen molar-refractivity contribution in [3.05, 3.63) is 60.2 Å². The van der Waals surface area contributed by atoms with Crippen LogP contribution >= 0.6 is 0 Å². The third kappa shape index (κ3) is 4.99. The first-order valence-corrected chi connectivity index (χ1v) is 7.92. The Morgan fingerprint density at radius 1 is 1.12 bits per heavy atom. The number of carbonyl (C=O) groups excluding carboxylic acids is 1. The van der Waals surface area contributed by atoms with Crippen molar-refractivity contribution >= 4 is 11.6 Å². The molecule has 2 N–H and O–H groups in total. The third-order valence-electron chi connectivity index (χ3n) is 3.69. The Morgan fingerprint density at radius 2 is 1.75 bits per heavy atom. The Labute approximate surface area is 142 Å². The van der Waals surface area contributed by atoms with Crippen LogP contribution in [0, 0.1) is 0 Å². The molecule has 5 nitrogen and oxygen atoms in total. The molecule has 1 amide bonds. The average molecular weight is 328 g/mol. The van der Waals surface area contributed by atoms with Crippen LogP contribution in [0.2, 0.25) is 0 Å². The number of amides is 1. The number of aliphatic hydroxyl groups excluding tert-OH is 1. The first kappa shape index (κ1) is 17.8. The summed E-state index contributed by atoms with van der Waals surface area (Å²) in [5.74, 6) is 0.378. The van der Waals surface area contributed by atoms with E-state index < -0.39 is 12.2 Å². The minimum atomic E-state index is -0.755. The molecule has 0 aliphatic carbocycles. The molecular weight excluding hydrogens is 304 g/mol. The molecule has 0 saturated heterocycles. The van der Waals surface area contributed by atoms with Crippen molar-refractivity contribution in [1.29, 1.82) is 0 Å². The fourth-order valence-corrected chi connectivity index (χ4v) is 2.21. The Bertz CT molecular complexity index is 641. The summed E-state index contributed by atoms with van der Waals surface area (Å²) in [4.78, 5) is 14.1. The molecule has 0 saturated carbocycles. The lowest BCUT2D eigenvalue weighted by Gasteiger charge is -2.18. The molecule has 0 fully saturated rings. The summed E-state index contributed by atoms with van der Waals surface area (Å²) in [7, 11) is 3.92. The first-order chi connectivity index (χ1) is 11.5. The van der Waals surface area contributed by atoms with E-state index in [1.807, 2.05) is 61.5 Å². The molecule has 2 aromatic carbocycles. The van der Waals surface area contributed by atoms with Crippen LogP contribution in [0.3, 0.4) is 0 Å². The zero-order valence-electron chi connectivity index (χ0n) is 14.3. The highest BCUT2D eigenvalue weighted by atomic mass is 16.5. The summed E-state index contributed by atoms with van der Waals surface area (Å²) in [5.41, 5.74) is 1.82. The van der Waals surface area contributed by atoms with Gasteiger partial charge in [0.15, 0.2) is 6.10 Å². The summed E-state index contributed by atoms with van der Waals surface area (Å²) in [6.07, 6.45) is -1.38. The molecule has 0 heterocycles. The number of carbonyl (C=O) groups is 1. The predicted octanol–water partition coefficient (Wildman–Crippen LogP) is 2.37. The molecule has 24 heavy (non-hydrogen) atoms. The maximum atomic E-state index is 12.1. The minimum absolute atomic E-state index is 0.142. The van der Waals surface area contributed by atoms with Crippen molar-refractivity contribution in [2.45, 2.75) is 19.1 Å². The van der Waals surface area contributed by atoms with Gasteiger partial charge in [-0.15, -0.1) is 0 Å². The Kier molecular flexibility index (Phi) is 6.21. The van der Waals surface area contributed by atoms with Gasteiger partial charge in [-0.25, -0.2) is 0 Å². The highest BCUT2D eigenvalue weighted by molar-refractivity contribution is 5.80. The van der Waals surface area contributed by atoms with E-state index in [9.17, 15) is 9.90 Å². The maximum Gasteiger partial charge on any atom is 0.260 e. The number of rotatable bonds is 7. The highest BCUT2D eigenvalue weighted by Crippen LogP contribution is 2.17. The zero-order chi connectivity index (χ0) is 17.5. The van der Waals surface area contributed by atoms with Gasteiger partial charge < -0.3 is 20.1 Å². The van der Waals surface area contributed by atoms with Crippen molar-refractivity contribution in [2.75, 3.05) is 25.5 Å². The molecule has 0 aliphatic heterocycles. The smallest absolute Gasteiger partial charge is 0.260 e. The van der Waals surface area contributed by atoms with Crippen LogP contribution in [-0.2, 0) is 4.79 Å². The van der Waals surface area contributed by atoms with Gasteiger partial charge in [0.05, 0.1) is 6.10 Å². The van der Waals surface area contributed by atoms with Gasteiger partial charge >= 0.3 is 0 Å². The van der Waals surface area contributed by atoms with Crippen LogP contribution < -0.4 is 15.0 Å². The lowest BCUT2D eigenvalue weighted by molar-refractivity contribution is -0.127. The summed E-state index contributed by atoms with van der Waals surface area (Å²) in [6, 6.07) is 16.8. The molecule has 0 spiro atoms. The van der Waals surface area contributed by atoms with Crippen molar-refractivity contribution in [3.8, 4) is 5.75 Å². The number of benzene rings is 2. The SMILES string of the molecule is C[C@H](Oc1ccccc1)C(=O)NC[C@@H](O)c1ccc(N(C)C)cc1. The lowest BCUT2D eigenvalue weighted by Crippen LogP contribution is -2.38. The molecule has 0 aromatic heterocycles. The van der Waals surface area contributed by atoms with E-state index >= 15 is 0 Å². The normalized spacial score (nSPS) is 13.0. The topological polar surface area (TPSA) is 61.8 Å². The highest BCUT2D eigenvalue weighted by Gasteiger charge is 2.16. The van der Waals surface area contributed by atoms with Crippen molar-refractivity contribution in [3.63, 3.8) is 0 Å². The van der Waals surface area contributed by atoms with Gasteiger partial charge in [-0.2, -0.15) is 0 Å². The predicted molar refractivity (Wildman–Crippen MR) is 95.3 cm³/mol. The Hall–Kier alpha value is -2.53. The van der Waals surface area contributed by atoms with E-state index in [0.717, 1.165) is 11.3 Å². The van der Waals surface area contributed by atoms with Gasteiger partial charge in [0.1, 0.15) is 5.75 Å². The van der Waals surface area contributed by atoms with E-state index in [1.165, 1.54) is 0 Å². The number of para-hydroxylation sites is 1. The lowest BCUT2D eigenvalue weighted by atomic mass is 10.1. The van der Waals surface area contributed by atoms with Crippen molar-refractivity contribution in [1.82, 2.24) is 5.32 Å². The van der Waals surface area contributed by atoms with Gasteiger partial charge in [-0.05, 0) is 36.8 Å². The molecule has 2 rings (SSSR count). The summed E-state index contributed by atoms with van der Waals surface area (Å²) in [5, 5.41) is 12.9. The van der Waals surface area contributed by atoms with E-state index in [1.54, 1.807) is 19.1 Å². The van der Waals surface area contributed by atoms with Crippen molar-refractivity contribution in [2.24, 2.45) is 0 Å². The summed E-state index contributed by atoms with van der Waals surface area (Å²) < 4.78 is 5.56. The maximum absolute atomic E-state index is 12.1. The number of anilines is 1. The fraction of sp³-hybridized carbons (Fsp3) is 0.316. The number of nitrogens with zero attached hydrogens (tertiary/aromatic N) is 1. The molecule has 2 atom stereocenters. The van der Waals surface area contributed by atoms with Gasteiger partial charge in [-0.3, -0.25) is 4.79 Å². The molecule has 0 aliphatic rings. The molecule has 5 heteroatoms. The monoisotopic (exact) mass is 328 g/mol. The first-order valence-electron chi connectivity index (χ1n) is 7.92. The van der Waals surface area contributed by atoms with Crippen LogP contribution in [0.15, 0.2) is 54.6 Å². The molecule has 0 unspecified atom stereocenters. The van der Waals surface area contributed by atoms with Crippen LogP contribution in [0.4, 0.5) is 5.69 Å². The van der Waals surface area contributed by atoms with Crippen LogP contribution in [0.1, 0.15) is 18.6 Å². The van der Waals surface area contributed by atoms with Gasteiger partial charge in [0.25, 0.3) is 5.91 Å². The fourth-order valence-electron chi connectivity index (χ4n) is 2.21. The summed E-state index contributed by atoms with van der Waals surface area (Å²) in [6.45, 7) is 1.82. The minimum Gasteiger partial charge on any atom is -0.481 e. The largest absolute Gasteiger partial charge is 0.481 e. The Balaban J connectivity index is 1.84. The molecule has 0 bridgehead atoms. The van der Waals surface area contributed by atoms with E-state index in [4.69, 9.17) is 4.74 Å². The Morgan fingerprint density at radius 3 is 2.33 bits per heavy atom. The number of aliphatic hydroxyl groups is 1. The van der Waals surface area contributed by atoms with Gasteiger partial charge in [0, 0.05) is 26.3 Å². The molecule has 2 aromatic rings. The van der Waals surface area contributed by atoms with Crippen LogP contribution in [0.5, 0.6) is 5.75 Å². The van der Waals surface area contributed by atoms with Crippen molar-refractivity contribution < 1.29 is 14.6 Å². The number of hydrogen-bond donors (Lipinski definition) is 2. The van der Waals surface area contributed by atoms with Gasteiger partial charge in [0.2, 0.25) is 0 Å². The second-order valence-electron chi connectivity index (χ2n) is 5.82. The van der Waals surface area contributed by atoms with E-state index in [-0.39, 0.29) is 12.5 Å². The van der Waals surface area contributed by atoms with Gasteiger partial charge in [-0.1, -0.05) is 30.3 Å². The quantitative estimate of drug-likeness (QED) is 0.819. The average Bonchev–Trinajstić information content (AvgIpc) is 2.60.